The lowest BCUT2D eigenvalue weighted by molar-refractivity contribution is 0.103. The summed E-state index contributed by atoms with van der Waals surface area (Å²) in [5, 5.41) is 3.64. The Balaban J connectivity index is 1.64. The molecule has 140 valence electrons. The molecule has 0 saturated carbocycles. The van der Waals surface area contributed by atoms with Crippen molar-refractivity contribution in [3.05, 3.63) is 65.7 Å². The van der Waals surface area contributed by atoms with E-state index in [9.17, 15) is 4.79 Å². The molecule has 1 amide bonds. The Hall–Kier alpha value is -3.45. The van der Waals surface area contributed by atoms with Crippen LogP contribution >= 0.6 is 11.3 Å². The van der Waals surface area contributed by atoms with E-state index in [2.05, 4.69) is 15.3 Å². The maximum atomic E-state index is 12.8. The average Bonchev–Trinajstić information content (AvgIpc) is 3.05. The van der Waals surface area contributed by atoms with Gasteiger partial charge in [0.15, 0.2) is 0 Å². The second-order valence-electron chi connectivity index (χ2n) is 6.02. The largest absolute Gasteiger partial charge is 0.494 e. The molecule has 7 heteroatoms. The van der Waals surface area contributed by atoms with E-state index >= 15 is 0 Å². The quantitative estimate of drug-likeness (QED) is 0.520. The molecule has 0 radical (unpaired) electrons. The lowest BCUT2D eigenvalue weighted by Crippen LogP contribution is -2.12. The zero-order valence-electron chi connectivity index (χ0n) is 15.2. The molecule has 0 spiro atoms. The summed E-state index contributed by atoms with van der Waals surface area (Å²) in [6, 6.07) is 16.7. The van der Waals surface area contributed by atoms with Crippen LogP contribution in [0.25, 0.3) is 21.6 Å². The monoisotopic (exact) mass is 390 g/mol. The van der Waals surface area contributed by atoms with E-state index in [1.807, 2.05) is 49.4 Å². The second kappa shape index (κ2) is 7.66. The molecule has 3 heterocycles. The van der Waals surface area contributed by atoms with E-state index < -0.39 is 0 Å². The minimum atomic E-state index is -0.270. The molecular formula is C21H18N4O2S. The number of aromatic nitrogens is 2. The van der Waals surface area contributed by atoms with Gasteiger partial charge in [0.05, 0.1) is 23.7 Å². The standard InChI is InChI=1S/C21H18N4O2S/c1-2-27-14-7-5-6-13(12-14)24-20(26)19-18(22)15-9-10-17(25-21(15)28-19)16-8-3-4-11-23-16/h3-12H,2,22H2,1H3,(H,24,26). The van der Waals surface area contributed by atoms with Crippen molar-refractivity contribution in [3.63, 3.8) is 0 Å². The number of thiophene rings is 1. The average molecular weight is 390 g/mol. The van der Waals surface area contributed by atoms with Crippen molar-refractivity contribution < 1.29 is 9.53 Å². The number of hydrogen-bond acceptors (Lipinski definition) is 6. The number of fused-ring (bicyclic) bond motifs is 1. The van der Waals surface area contributed by atoms with Crippen molar-refractivity contribution in [1.29, 1.82) is 0 Å². The van der Waals surface area contributed by atoms with Crippen LogP contribution in [0.4, 0.5) is 11.4 Å². The predicted octanol–water partition coefficient (Wildman–Crippen LogP) is 4.59. The summed E-state index contributed by atoms with van der Waals surface area (Å²) < 4.78 is 5.47. The highest BCUT2D eigenvalue weighted by Crippen LogP contribution is 2.34. The third-order valence-corrected chi connectivity index (χ3v) is 5.24. The molecule has 0 aliphatic carbocycles. The molecular weight excluding hydrogens is 372 g/mol. The number of nitrogen functional groups attached to an aromatic ring is 1. The summed E-state index contributed by atoms with van der Waals surface area (Å²) in [5.41, 5.74) is 8.82. The van der Waals surface area contributed by atoms with Gasteiger partial charge < -0.3 is 15.8 Å². The molecule has 0 aliphatic rings. The summed E-state index contributed by atoms with van der Waals surface area (Å²) in [6.45, 7) is 2.47. The Morgan fingerprint density at radius 2 is 2.04 bits per heavy atom. The van der Waals surface area contributed by atoms with Gasteiger partial charge in [-0.2, -0.15) is 0 Å². The van der Waals surface area contributed by atoms with Gasteiger partial charge >= 0.3 is 0 Å². The Labute approximate surface area is 166 Å². The number of hydrogen-bond donors (Lipinski definition) is 2. The molecule has 0 unspecified atom stereocenters. The van der Waals surface area contributed by atoms with Gasteiger partial charge in [0, 0.05) is 23.3 Å². The van der Waals surface area contributed by atoms with Gasteiger partial charge in [-0.25, -0.2) is 4.98 Å². The molecule has 6 nitrogen and oxygen atoms in total. The SMILES string of the molecule is CCOc1cccc(NC(=O)c2sc3nc(-c4ccccn4)ccc3c2N)c1. The molecule has 0 aliphatic heterocycles. The number of benzene rings is 1. The second-order valence-corrected chi connectivity index (χ2v) is 7.02. The van der Waals surface area contributed by atoms with Crippen LogP contribution in [-0.2, 0) is 0 Å². The van der Waals surface area contributed by atoms with Gasteiger partial charge in [0.1, 0.15) is 15.5 Å². The predicted molar refractivity (Wildman–Crippen MR) is 113 cm³/mol. The molecule has 3 aromatic heterocycles. The molecule has 3 N–H and O–H groups in total. The van der Waals surface area contributed by atoms with E-state index in [-0.39, 0.29) is 5.91 Å². The third kappa shape index (κ3) is 3.52. The van der Waals surface area contributed by atoms with Gasteiger partial charge in [-0.1, -0.05) is 12.1 Å². The fourth-order valence-corrected chi connectivity index (χ4v) is 3.83. The smallest absolute Gasteiger partial charge is 0.267 e. The van der Waals surface area contributed by atoms with Crippen molar-refractivity contribution in [2.45, 2.75) is 6.92 Å². The number of rotatable bonds is 5. The minimum Gasteiger partial charge on any atom is -0.494 e. The Morgan fingerprint density at radius 3 is 2.82 bits per heavy atom. The van der Waals surface area contributed by atoms with Crippen molar-refractivity contribution >= 4 is 38.8 Å². The van der Waals surface area contributed by atoms with E-state index in [4.69, 9.17) is 10.5 Å². The number of carbonyl (C=O) groups is 1. The molecule has 4 aromatic rings. The first-order chi connectivity index (χ1) is 13.7. The van der Waals surface area contributed by atoms with Crippen LogP contribution in [-0.4, -0.2) is 22.5 Å². The number of nitrogens with zero attached hydrogens (tertiary/aromatic N) is 2. The van der Waals surface area contributed by atoms with E-state index in [1.54, 1.807) is 18.3 Å². The van der Waals surface area contributed by atoms with E-state index in [0.29, 0.717) is 33.4 Å². The molecule has 4 rings (SSSR count). The number of carbonyl (C=O) groups excluding carboxylic acids is 1. The first kappa shape index (κ1) is 17.9. The number of anilines is 2. The molecule has 1 aromatic carbocycles. The zero-order valence-corrected chi connectivity index (χ0v) is 16.0. The number of amides is 1. The summed E-state index contributed by atoms with van der Waals surface area (Å²) in [5.74, 6) is 0.430. The van der Waals surface area contributed by atoms with Crippen molar-refractivity contribution in [1.82, 2.24) is 9.97 Å². The molecule has 0 atom stereocenters. The summed E-state index contributed by atoms with van der Waals surface area (Å²) in [6.07, 6.45) is 1.72. The third-order valence-electron chi connectivity index (χ3n) is 4.13. The van der Waals surface area contributed by atoms with Gasteiger partial charge in [-0.15, -0.1) is 11.3 Å². The lowest BCUT2D eigenvalue weighted by Gasteiger charge is -2.07. The summed E-state index contributed by atoms with van der Waals surface area (Å²) >= 11 is 1.27. The Bertz CT molecular complexity index is 1140. The fraction of sp³-hybridized carbons (Fsp3) is 0.0952. The first-order valence-electron chi connectivity index (χ1n) is 8.80. The topological polar surface area (TPSA) is 90.1 Å². The van der Waals surface area contributed by atoms with E-state index in [1.165, 1.54) is 11.3 Å². The zero-order chi connectivity index (χ0) is 19.5. The van der Waals surface area contributed by atoms with Crippen molar-refractivity contribution in [2.75, 3.05) is 17.7 Å². The van der Waals surface area contributed by atoms with Gasteiger partial charge in [-0.3, -0.25) is 9.78 Å². The molecule has 0 fully saturated rings. The molecule has 0 saturated heterocycles. The van der Waals surface area contributed by atoms with Crippen LogP contribution < -0.4 is 15.8 Å². The van der Waals surface area contributed by atoms with Gasteiger partial charge in [-0.05, 0) is 43.3 Å². The lowest BCUT2D eigenvalue weighted by atomic mass is 10.2. The van der Waals surface area contributed by atoms with Crippen LogP contribution in [0.5, 0.6) is 5.75 Å². The van der Waals surface area contributed by atoms with Crippen molar-refractivity contribution in [3.8, 4) is 17.1 Å². The highest BCUT2D eigenvalue weighted by Gasteiger charge is 2.18. The maximum Gasteiger partial charge on any atom is 0.267 e. The van der Waals surface area contributed by atoms with Crippen LogP contribution in [0.1, 0.15) is 16.6 Å². The highest BCUT2D eigenvalue weighted by atomic mass is 32.1. The van der Waals surface area contributed by atoms with Gasteiger partial charge in [0.25, 0.3) is 5.91 Å². The van der Waals surface area contributed by atoms with Crippen molar-refractivity contribution in [2.24, 2.45) is 0 Å². The summed E-state index contributed by atoms with van der Waals surface area (Å²) in [7, 11) is 0. The number of nitrogens with two attached hydrogens (primary N) is 1. The number of nitrogens with one attached hydrogen (secondary N) is 1. The van der Waals surface area contributed by atoms with Crippen LogP contribution in [0.2, 0.25) is 0 Å². The molecule has 0 bridgehead atoms. The summed E-state index contributed by atoms with van der Waals surface area (Å²) in [4.78, 5) is 22.9. The number of ether oxygens (including phenoxy) is 1. The van der Waals surface area contributed by atoms with E-state index in [0.717, 1.165) is 16.8 Å². The van der Waals surface area contributed by atoms with Crippen LogP contribution in [0, 0.1) is 0 Å². The van der Waals surface area contributed by atoms with Crippen LogP contribution in [0.3, 0.4) is 0 Å². The first-order valence-corrected chi connectivity index (χ1v) is 9.62. The molecule has 28 heavy (non-hydrogen) atoms. The highest BCUT2D eigenvalue weighted by molar-refractivity contribution is 7.21. The van der Waals surface area contributed by atoms with Crippen LogP contribution in [0.15, 0.2) is 60.8 Å². The Morgan fingerprint density at radius 1 is 1.14 bits per heavy atom. The van der Waals surface area contributed by atoms with Gasteiger partial charge in [0.2, 0.25) is 0 Å². The minimum absolute atomic E-state index is 0.270. The Kier molecular flexibility index (Phi) is 4.90. The fourth-order valence-electron chi connectivity index (χ4n) is 2.84. The maximum absolute atomic E-state index is 12.8. The number of pyridine rings is 2. The normalized spacial score (nSPS) is 10.8.